The maximum Gasteiger partial charge on any atom is 0.122 e. The molecule has 0 saturated carbocycles. The number of likely N-dealkylation sites (tertiary alicyclic amines) is 1. The number of nitrogens with two attached hydrogens (primary N) is 1. The molecule has 0 radical (unpaired) electrons. The van der Waals surface area contributed by atoms with Crippen molar-refractivity contribution in [1.82, 2.24) is 4.90 Å². The molecule has 2 aromatic rings. The van der Waals surface area contributed by atoms with Crippen molar-refractivity contribution in [2.45, 2.75) is 24.9 Å². The second kappa shape index (κ2) is 5.59. The van der Waals surface area contributed by atoms with Crippen LogP contribution in [0.2, 0.25) is 0 Å². The molecule has 19 heavy (non-hydrogen) atoms. The summed E-state index contributed by atoms with van der Waals surface area (Å²) in [7, 11) is 0. The minimum atomic E-state index is 0.183. The first-order valence-corrected chi connectivity index (χ1v) is 6.94. The fourth-order valence-electron chi connectivity index (χ4n) is 3.09. The summed E-state index contributed by atoms with van der Waals surface area (Å²) in [5.74, 6) is 0.977. The summed E-state index contributed by atoms with van der Waals surface area (Å²) >= 11 is 0. The molecule has 3 rings (SSSR count). The third kappa shape index (κ3) is 2.44. The summed E-state index contributed by atoms with van der Waals surface area (Å²) in [6.07, 6.45) is 4.14. The number of hydrogen-bond acceptors (Lipinski definition) is 3. The molecule has 100 valence electrons. The van der Waals surface area contributed by atoms with Crippen LogP contribution in [0.5, 0.6) is 0 Å². The van der Waals surface area contributed by atoms with E-state index < -0.39 is 0 Å². The Bertz CT molecular complexity index is 495. The molecule has 2 N–H and O–H groups in total. The van der Waals surface area contributed by atoms with Crippen molar-refractivity contribution >= 4 is 0 Å². The minimum Gasteiger partial charge on any atom is -0.468 e. The Kier molecular flexibility index (Phi) is 3.67. The highest BCUT2D eigenvalue weighted by molar-refractivity contribution is 5.21. The smallest absolute Gasteiger partial charge is 0.122 e. The zero-order valence-corrected chi connectivity index (χ0v) is 11.0. The summed E-state index contributed by atoms with van der Waals surface area (Å²) in [5.41, 5.74) is 7.36. The van der Waals surface area contributed by atoms with Crippen LogP contribution in [0.15, 0.2) is 53.1 Å². The SMILES string of the molecule is NCC(c1ccco1)N1CCCC1c1ccccc1. The van der Waals surface area contributed by atoms with Gasteiger partial charge in [-0.3, -0.25) is 4.90 Å². The highest BCUT2D eigenvalue weighted by Gasteiger charge is 2.32. The van der Waals surface area contributed by atoms with Crippen molar-refractivity contribution in [2.24, 2.45) is 5.73 Å². The Labute approximate surface area is 114 Å². The Morgan fingerprint density at radius 3 is 2.74 bits per heavy atom. The van der Waals surface area contributed by atoms with Gasteiger partial charge >= 0.3 is 0 Å². The van der Waals surface area contributed by atoms with Gasteiger partial charge in [0.05, 0.1) is 12.3 Å². The van der Waals surface area contributed by atoms with E-state index in [1.54, 1.807) is 6.26 Å². The molecule has 2 heterocycles. The second-order valence-electron chi connectivity index (χ2n) is 5.07. The van der Waals surface area contributed by atoms with Crippen molar-refractivity contribution in [3.63, 3.8) is 0 Å². The highest BCUT2D eigenvalue weighted by atomic mass is 16.3. The summed E-state index contributed by atoms with van der Waals surface area (Å²) in [5, 5.41) is 0. The van der Waals surface area contributed by atoms with E-state index in [4.69, 9.17) is 10.2 Å². The monoisotopic (exact) mass is 256 g/mol. The maximum atomic E-state index is 5.98. The maximum absolute atomic E-state index is 5.98. The van der Waals surface area contributed by atoms with Crippen LogP contribution in [0.1, 0.15) is 36.2 Å². The van der Waals surface area contributed by atoms with Crippen molar-refractivity contribution < 1.29 is 4.42 Å². The lowest BCUT2D eigenvalue weighted by Crippen LogP contribution is -2.33. The minimum absolute atomic E-state index is 0.183. The van der Waals surface area contributed by atoms with Gasteiger partial charge in [0, 0.05) is 12.6 Å². The third-order valence-electron chi connectivity index (χ3n) is 3.97. The van der Waals surface area contributed by atoms with Crippen molar-refractivity contribution in [3.8, 4) is 0 Å². The number of nitrogens with zero attached hydrogens (tertiary/aromatic N) is 1. The summed E-state index contributed by atoms with van der Waals surface area (Å²) in [6, 6.07) is 15.3. The van der Waals surface area contributed by atoms with Gasteiger partial charge < -0.3 is 10.2 Å². The molecule has 3 heteroatoms. The quantitative estimate of drug-likeness (QED) is 0.914. The molecule has 1 aliphatic heterocycles. The normalized spacial score (nSPS) is 21.6. The summed E-state index contributed by atoms with van der Waals surface area (Å²) in [4.78, 5) is 2.48. The van der Waals surface area contributed by atoms with E-state index in [1.165, 1.54) is 18.4 Å². The Morgan fingerprint density at radius 1 is 1.21 bits per heavy atom. The molecule has 0 aliphatic carbocycles. The van der Waals surface area contributed by atoms with Gasteiger partial charge in [-0.2, -0.15) is 0 Å². The topological polar surface area (TPSA) is 42.4 Å². The highest BCUT2D eigenvalue weighted by Crippen LogP contribution is 2.38. The number of benzene rings is 1. The molecule has 1 saturated heterocycles. The van der Waals surface area contributed by atoms with Gasteiger partial charge in [-0.1, -0.05) is 30.3 Å². The molecule has 3 nitrogen and oxygen atoms in total. The van der Waals surface area contributed by atoms with Crippen LogP contribution in [0.3, 0.4) is 0 Å². The molecule has 0 spiro atoms. The van der Waals surface area contributed by atoms with Gasteiger partial charge in [0.1, 0.15) is 5.76 Å². The molecule has 0 amide bonds. The third-order valence-corrected chi connectivity index (χ3v) is 3.97. The van der Waals surface area contributed by atoms with Gasteiger partial charge in [0.2, 0.25) is 0 Å². The molecular weight excluding hydrogens is 236 g/mol. The number of hydrogen-bond donors (Lipinski definition) is 1. The predicted molar refractivity (Wildman–Crippen MR) is 75.6 cm³/mol. The molecule has 1 fully saturated rings. The van der Waals surface area contributed by atoms with Gasteiger partial charge in [-0.05, 0) is 37.1 Å². The fourth-order valence-corrected chi connectivity index (χ4v) is 3.09. The zero-order chi connectivity index (χ0) is 13.1. The van der Waals surface area contributed by atoms with Crippen LogP contribution in [0.4, 0.5) is 0 Å². The van der Waals surface area contributed by atoms with Crippen LogP contribution in [-0.4, -0.2) is 18.0 Å². The lowest BCUT2D eigenvalue weighted by atomic mass is 10.0. The largest absolute Gasteiger partial charge is 0.468 e. The Morgan fingerprint density at radius 2 is 2.05 bits per heavy atom. The zero-order valence-electron chi connectivity index (χ0n) is 11.0. The van der Waals surface area contributed by atoms with Crippen LogP contribution in [0, 0.1) is 0 Å². The van der Waals surface area contributed by atoms with Crippen LogP contribution >= 0.6 is 0 Å². The van der Waals surface area contributed by atoms with Crippen molar-refractivity contribution in [1.29, 1.82) is 0 Å². The van der Waals surface area contributed by atoms with Crippen molar-refractivity contribution in [2.75, 3.05) is 13.1 Å². The van der Waals surface area contributed by atoms with E-state index in [-0.39, 0.29) is 6.04 Å². The molecule has 1 aliphatic rings. The lowest BCUT2D eigenvalue weighted by Gasteiger charge is -2.31. The van der Waals surface area contributed by atoms with E-state index in [0.717, 1.165) is 12.3 Å². The fraction of sp³-hybridized carbons (Fsp3) is 0.375. The number of rotatable bonds is 4. The first-order chi connectivity index (χ1) is 9.40. The van der Waals surface area contributed by atoms with Crippen LogP contribution < -0.4 is 5.73 Å². The predicted octanol–water partition coefficient (Wildman–Crippen LogP) is 3.12. The molecule has 0 bridgehead atoms. The van der Waals surface area contributed by atoms with E-state index in [2.05, 4.69) is 35.2 Å². The van der Waals surface area contributed by atoms with E-state index in [1.807, 2.05) is 12.1 Å². The molecule has 2 atom stereocenters. The van der Waals surface area contributed by atoms with E-state index in [0.29, 0.717) is 12.6 Å². The Hall–Kier alpha value is -1.58. The first kappa shape index (κ1) is 12.5. The lowest BCUT2D eigenvalue weighted by molar-refractivity contribution is 0.164. The van der Waals surface area contributed by atoms with Gasteiger partial charge in [0.25, 0.3) is 0 Å². The van der Waals surface area contributed by atoms with Gasteiger partial charge in [-0.25, -0.2) is 0 Å². The molecule has 1 aromatic carbocycles. The first-order valence-electron chi connectivity index (χ1n) is 6.94. The Balaban J connectivity index is 1.86. The average molecular weight is 256 g/mol. The van der Waals surface area contributed by atoms with Crippen molar-refractivity contribution in [3.05, 3.63) is 60.1 Å². The standard InChI is InChI=1S/C16H20N2O/c17-12-15(16-9-5-11-19-16)18-10-4-8-14(18)13-6-2-1-3-7-13/h1-3,5-7,9,11,14-15H,4,8,10,12,17H2. The van der Waals surface area contributed by atoms with Crippen LogP contribution in [0.25, 0.3) is 0 Å². The van der Waals surface area contributed by atoms with E-state index >= 15 is 0 Å². The summed E-state index contributed by atoms with van der Waals surface area (Å²) < 4.78 is 5.56. The second-order valence-corrected chi connectivity index (χ2v) is 5.07. The number of furan rings is 1. The van der Waals surface area contributed by atoms with Gasteiger partial charge in [-0.15, -0.1) is 0 Å². The molecule has 2 unspecified atom stereocenters. The van der Waals surface area contributed by atoms with Crippen LogP contribution in [-0.2, 0) is 0 Å². The van der Waals surface area contributed by atoms with Gasteiger partial charge in [0.15, 0.2) is 0 Å². The molecular formula is C16H20N2O. The van der Waals surface area contributed by atoms with E-state index in [9.17, 15) is 0 Å². The molecule has 1 aromatic heterocycles. The summed E-state index contributed by atoms with van der Waals surface area (Å²) in [6.45, 7) is 1.68. The average Bonchev–Trinajstić information content (AvgIpc) is 3.12.